The topological polar surface area (TPSA) is 114 Å². The van der Waals surface area contributed by atoms with E-state index in [1.807, 2.05) is 12.1 Å². The highest BCUT2D eigenvalue weighted by molar-refractivity contribution is 7.89. The molecule has 9 heteroatoms. The number of nitriles is 2. The molecule has 1 saturated heterocycles. The van der Waals surface area contributed by atoms with E-state index in [0.717, 1.165) is 0 Å². The van der Waals surface area contributed by atoms with Crippen molar-refractivity contribution < 1.29 is 17.9 Å². The molecule has 28 heavy (non-hydrogen) atoms. The highest BCUT2D eigenvalue weighted by atomic mass is 32.2. The fourth-order valence-electron chi connectivity index (χ4n) is 3.20. The Morgan fingerprint density at radius 1 is 1.14 bits per heavy atom. The maximum atomic E-state index is 12.8. The number of nitrogens with zero attached hydrogens (tertiary/aromatic N) is 4. The highest BCUT2D eigenvalue weighted by Gasteiger charge is 2.33. The summed E-state index contributed by atoms with van der Waals surface area (Å²) in [4.78, 5) is 14.5. The Morgan fingerprint density at radius 3 is 2.14 bits per heavy atom. The number of amides is 1. The van der Waals surface area contributed by atoms with Crippen molar-refractivity contribution in [1.29, 1.82) is 10.5 Å². The Balaban J connectivity index is 2.01. The van der Waals surface area contributed by atoms with Gasteiger partial charge < -0.3 is 9.64 Å². The largest absolute Gasteiger partial charge is 0.497 e. The lowest BCUT2D eigenvalue weighted by Gasteiger charge is -2.33. The SMILES string of the molecule is COc1ccc(S(=O)(=O)N2CCC(C(=O)N(CCC#N)CCC#N)CC2)cc1. The van der Waals surface area contributed by atoms with Crippen LogP contribution in [-0.2, 0) is 14.8 Å². The van der Waals surface area contributed by atoms with Gasteiger partial charge in [-0.2, -0.15) is 14.8 Å². The van der Waals surface area contributed by atoms with Crippen molar-refractivity contribution in [3.8, 4) is 17.9 Å². The molecular formula is C19H24N4O4S. The predicted molar refractivity (Wildman–Crippen MR) is 102 cm³/mol. The van der Waals surface area contributed by atoms with Crippen molar-refractivity contribution in [2.24, 2.45) is 5.92 Å². The van der Waals surface area contributed by atoms with Crippen molar-refractivity contribution in [2.75, 3.05) is 33.3 Å². The number of carbonyl (C=O) groups is 1. The van der Waals surface area contributed by atoms with Crippen molar-refractivity contribution >= 4 is 15.9 Å². The Labute approximate surface area is 166 Å². The Hall–Kier alpha value is -2.62. The number of carbonyl (C=O) groups excluding carboxylic acids is 1. The Kier molecular flexibility index (Phi) is 7.80. The van der Waals surface area contributed by atoms with Crippen LogP contribution in [0.4, 0.5) is 0 Å². The number of sulfonamides is 1. The summed E-state index contributed by atoms with van der Waals surface area (Å²) in [5, 5.41) is 17.5. The summed E-state index contributed by atoms with van der Waals surface area (Å²) in [6.45, 7) is 1.10. The summed E-state index contributed by atoms with van der Waals surface area (Å²) in [6.07, 6.45) is 1.26. The van der Waals surface area contributed by atoms with Gasteiger partial charge in [-0.1, -0.05) is 0 Å². The third-order valence-electron chi connectivity index (χ3n) is 4.80. The van der Waals surface area contributed by atoms with E-state index in [1.165, 1.54) is 23.5 Å². The van der Waals surface area contributed by atoms with E-state index in [4.69, 9.17) is 15.3 Å². The third-order valence-corrected chi connectivity index (χ3v) is 6.71. The number of methoxy groups -OCH3 is 1. The van der Waals surface area contributed by atoms with E-state index in [9.17, 15) is 13.2 Å². The molecule has 150 valence electrons. The molecule has 1 amide bonds. The van der Waals surface area contributed by atoms with Crippen LogP contribution in [0.1, 0.15) is 25.7 Å². The van der Waals surface area contributed by atoms with E-state index in [0.29, 0.717) is 31.7 Å². The van der Waals surface area contributed by atoms with Crippen LogP contribution in [0, 0.1) is 28.6 Å². The monoisotopic (exact) mass is 404 g/mol. The van der Waals surface area contributed by atoms with Gasteiger partial charge in [0.1, 0.15) is 5.75 Å². The average molecular weight is 404 g/mol. The van der Waals surface area contributed by atoms with Crippen LogP contribution in [0.15, 0.2) is 29.2 Å². The molecule has 0 saturated carbocycles. The molecule has 0 unspecified atom stereocenters. The van der Waals surface area contributed by atoms with Gasteiger partial charge in [0.2, 0.25) is 15.9 Å². The second-order valence-electron chi connectivity index (χ2n) is 6.50. The number of hydrogen-bond acceptors (Lipinski definition) is 6. The number of hydrogen-bond donors (Lipinski definition) is 0. The maximum Gasteiger partial charge on any atom is 0.243 e. The molecule has 1 aromatic rings. The van der Waals surface area contributed by atoms with Crippen LogP contribution >= 0.6 is 0 Å². The molecule has 8 nitrogen and oxygen atoms in total. The zero-order valence-electron chi connectivity index (χ0n) is 15.9. The smallest absolute Gasteiger partial charge is 0.243 e. The van der Waals surface area contributed by atoms with Gasteiger partial charge in [0.25, 0.3) is 0 Å². The molecule has 1 aliphatic heterocycles. The minimum Gasteiger partial charge on any atom is -0.497 e. The Morgan fingerprint density at radius 2 is 1.68 bits per heavy atom. The van der Waals surface area contributed by atoms with Gasteiger partial charge in [-0.05, 0) is 37.1 Å². The first-order chi connectivity index (χ1) is 13.4. The first-order valence-corrected chi connectivity index (χ1v) is 10.5. The first kappa shape index (κ1) is 21.7. The molecule has 0 aliphatic carbocycles. The lowest BCUT2D eigenvalue weighted by molar-refractivity contribution is -0.136. The summed E-state index contributed by atoms with van der Waals surface area (Å²) in [7, 11) is -2.10. The van der Waals surface area contributed by atoms with Crippen molar-refractivity contribution in [2.45, 2.75) is 30.6 Å². The maximum absolute atomic E-state index is 12.8. The number of piperidine rings is 1. The predicted octanol–water partition coefficient (Wildman–Crippen LogP) is 1.75. The molecule has 0 N–H and O–H groups in total. The molecule has 2 rings (SSSR count). The first-order valence-electron chi connectivity index (χ1n) is 9.11. The molecular weight excluding hydrogens is 380 g/mol. The molecule has 0 spiro atoms. The summed E-state index contributed by atoms with van der Waals surface area (Å²) in [5.74, 6) is 0.185. The van der Waals surface area contributed by atoms with Gasteiger partial charge in [0.05, 0.1) is 37.0 Å². The van der Waals surface area contributed by atoms with Gasteiger partial charge in [0.15, 0.2) is 0 Å². The zero-order chi connectivity index (χ0) is 20.6. The van der Waals surface area contributed by atoms with Crippen LogP contribution in [0.3, 0.4) is 0 Å². The van der Waals surface area contributed by atoms with E-state index < -0.39 is 10.0 Å². The van der Waals surface area contributed by atoms with E-state index in [1.54, 1.807) is 17.0 Å². The lowest BCUT2D eigenvalue weighted by atomic mass is 9.96. The minimum atomic E-state index is -3.62. The molecule has 1 aromatic carbocycles. The minimum absolute atomic E-state index is 0.105. The second kappa shape index (κ2) is 10.1. The molecule has 0 bridgehead atoms. The lowest BCUT2D eigenvalue weighted by Crippen LogP contribution is -2.44. The summed E-state index contributed by atoms with van der Waals surface area (Å²) in [6, 6.07) is 10.3. The van der Waals surface area contributed by atoms with Gasteiger partial charge >= 0.3 is 0 Å². The molecule has 1 fully saturated rings. The number of benzene rings is 1. The quantitative estimate of drug-likeness (QED) is 0.652. The van der Waals surface area contributed by atoms with Crippen LogP contribution in [-0.4, -0.2) is 56.8 Å². The summed E-state index contributed by atoms with van der Waals surface area (Å²) < 4.78 is 32.0. The van der Waals surface area contributed by atoms with E-state index >= 15 is 0 Å². The number of ether oxygens (including phenoxy) is 1. The van der Waals surface area contributed by atoms with Crippen LogP contribution in [0.2, 0.25) is 0 Å². The van der Waals surface area contributed by atoms with Crippen LogP contribution in [0.5, 0.6) is 5.75 Å². The second-order valence-corrected chi connectivity index (χ2v) is 8.43. The molecule has 1 heterocycles. The van der Waals surface area contributed by atoms with Gasteiger partial charge in [0, 0.05) is 32.1 Å². The van der Waals surface area contributed by atoms with Crippen molar-refractivity contribution in [3.05, 3.63) is 24.3 Å². The normalized spacial score (nSPS) is 15.4. The standard InChI is InChI=1S/C19H24N4O4S/c1-27-17-4-6-18(7-5-17)28(25,26)23-14-8-16(9-15-23)19(24)22(12-2-10-20)13-3-11-21/h4-7,16H,2-3,8-9,12-15H2,1H3. The van der Waals surface area contributed by atoms with E-state index in [2.05, 4.69) is 0 Å². The molecule has 0 radical (unpaired) electrons. The van der Waals surface area contributed by atoms with Gasteiger partial charge in [-0.3, -0.25) is 4.79 Å². The van der Waals surface area contributed by atoms with Crippen molar-refractivity contribution in [3.63, 3.8) is 0 Å². The molecule has 1 aliphatic rings. The Bertz CT molecular complexity index is 829. The number of rotatable bonds is 8. The van der Waals surface area contributed by atoms with Crippen LogP contribution < -0.4 is 4.74 Å². The average Bonchev–Trinajstić information content (AvgIpc) is 2.73. The zero-order valence-corrected chi connectivity index (χ0v) is 16.7. The fraction of sp³-hybridized carbons (Fsp3) is 0.526. The summed E-state index contributed by atoms with van der Waals surface area (Å²) >= 11 is 0. The molecule has 0 aromatic heterocycles. The van der Waals surface area contributed by atoms with Gasteiger partial charge in [-0.25, -0.2) is 8.42 Å². The fourth-order valence-corrected chi connectivity index (χ4v) is 4.67. The highest BCUT2D eigenvalue weighted by Crippen LogP contribution is 2.26. The van der Waals surface area contributed by atoms with Crippen LogP contribution in [0.25, 0.3) is 0 Å². The van der Waals surface area contributed by atoms with E-state index in [-0.39, 0.29) is 42.7 Å². The molecule has 0 atom stereocenters. The van der Waals surface area contributed by atoms with Crippen molar-refractivity contribution in [1.82, 2.24) is 9.21 Å². The third kappa shape index (κ3) is 5.22. The summed E-state index contributed by atoms with van der Waals surface area (Å²) in [5.41, 5.74) is 0. The van der Waals surface area contributed by atoms with Gasteiger partial charge in [-0.15, -0.1) is 0 Å².